The number of nitrogens with zero attached hydrogens (tertiary/aromatic N) is 1. The fourth-order valence-corrected chi connectivity index (χ4v) is 3.25. The van der Waals surface area contributed by atoms with Gasteiger partial charge in [0.05, 0.1) is 5.41 Å². The molecule has 2 aliphatic rings. The third-order valence-electron chi connectivity index (χ3n) is 4.67. The largest absolute Gasteiger partial charge is 0.481 e. The Kier molecular flexibility index (Phi) is 3.24. The smallest absolute Gasteiger partial charge is 0.310 e. The predicted molar refractivity (Wildman–Crippen MR) is 75.7 cm³/mol. The van der Waals surface area contributed by atoms with Gasteiger partial charge in [-0.1, -0.05) is 24.6 Å². The third-order valence-corrected chi connectivity index (χ3v) is 4.67. The molecule has 1 aromatic rings. The van der Waals surface area contributed by atoms with E-state index >= 15 is 0 Å². The highest BCUT2D eigenvalue weighted by Gasteiger charge is 2.46. The first kappa shape index (κ1) is 13.2. The van der Waals surface area contributed by atoms with Gasteiger partial charge in [-0.3, -0.25) is 9.59 Å². The number of anilines is 1. The maximum atomic E-state index is 12.5. The van der Waals surface area contributed by atoms with Crippen LogP contribution in [0.2, 0.25) is 0 Å². The minimum Gasteiger partial charge on any atom is -0.481 e. The first-order valence-corrected chi connectivity index (χ1v) is 7.24. The van der Waals surface area contributed by atoms with Crippen molar-refractivity contribution in [2.45, 2.75) is 38.5 Å². The lowest BCUT2D eigenvalue weighted by molar-refractivity contribution is -0.157. The van der Waals surface area contributed by atoms with Gasteiger partial charge in [0.25, 0.3) is 0 Å². The summed E-state index contributed by atoms with van der Waals surface area (Å²) in [5.74, 6) is -0.860. The lowest BCUT2D eigenvalue weighted by Crippen LogP contribution is -2.45. The second kappa shape index (κ2) is 4.93. The van der Waals surface area contributed by atoms with Crippen molar-refractivity contribution < 1.29 is 14.7 Å². The second-order valence-electron chi connectivity index (χ2n) is 5.89. The Balaban J connectivity index is 1.80. The molecule has 0 aromatic heterocycles. The summed E-state index contributed by atoms with van der Waals surface area (Å²) in [5.41, 5.74) is 1.34. The number of amides is 1. The zero-order valence-corrected chi connectivity index (χ0v) is 11.5. The number of carboxylic acids is 1. The lowest BCUT2D eigenvalue weighted by Gasteiger charge is -2.39. The Morgan fingerprint density at radius 2 is 1.95 bits per heavy atom. The van der Waals surface area contributed by atoms with Gasteiger partial charge in [-0.2, -0.15) is 0 Å². The third kappa shape index (κ3) is 2.09. The maximum Gasteiger partial charge on any atom is 0.310 e. The number of aliphatic carboxylic acids is 1. The molecular formula is C16H19NO3. The monoisotopic (exact) mass is 273 g/mol. The molecule has 1 fully saturated rings. The molecule has 0 saturated heterocycles. The molecule has 0 unspecified atom stereocenters. The van der Waals surface area contributed by atoms with Crippen LogP contribution < -0.4 is 4.90 Å². The number of fused-ring (bicyclic) bond motifs is 1. The summed E-state index contributed by atoms with van der Waals surface area (Å²) < 4.78 is 0. The number of hydrogen-bond donors (Lipinski definition) is 1. The van der Waals surface area contributed by atoms with Gasteiger partial charge in [0.1, 0.15) is 0 Å². The van der Waals surface area contributed by atoms with Crippen molar-refractivity contribution in [3.05, 3.63) is 29.8 Å². The number of carboxylic acid groups (broad SMARTS) is 1. The van der Waals surface area contributed by atoms with Gasteiger partial charge in [0.15, 0.2) is 0 Å². The van der Waals surface area contributed by atoms with Crippen LogP contribution in [-0.2, 0) is 16.0 Å². The molecule has 0 spiro atoms. The number of para-hydroxylation sites is 1. The zero-order valence-electron chi connectivity index (χ0n) is 11.5. The molecule has 1 saturated carbocycles. The Hall–Kier alpha value is -1.84. The molecule has 0 atom stereocenters. The Labute approximate surface area is 118 Å². The molecule has 0 radical (unpaired) electrons. The summed E-state index contributed by atoms with van der Waals surface area (Å²) in [7, 11) is 0. The Morgan fingerprint density at radius 1 is 1.20 bits per heavy atom. The van der Waals surface area contributed by atoms with Crippen molar-refractivity contribution in [2.24, 2.45) is 5.41 Å². The number of carbonyl (C=O) groups excluding carboxylic acids is 1. The maximum absolute atomic E-state index is 12.5. The molecule has 106 valence electrons. The highest BCUT2D eigenvalue weighted by molar-refractivity contribution is 5.97. The molecule has 20 heavy (non-hydrogen) atoms. The summed E-state index contributed by atoms with van der Waals surface area (Å²) in [6.07, 6.45) is 4.24. The first-order chi connectivity index (χ1) is 9.62. The van der Waals surface area contributed by atoms with Gasteiger partial charge in [-0.15, -0.1) is 0 Å². The van der Waals surface area contributed by atoms with E-state index in [9.17, 15) is 14.7 Å². The highest BCUT2D eigenvalue weighted by Crippen LogP contribution is 2.45. The van der Waals surface area contributed by atoms with Crippen LogP contribution in [0.3, 0.4) is 0 Å². The van der Waals surface area contributed by atoms with E-state index in [-0.39, 0.29) is 12.3 Å². The van der Waals surface area contributed by atoms with Crippen LogP contribution in [0, 0.1) is 5.41 Å². The molecule has 0 bridgehead atoms. The molecule has 3 rings (SSSR count). The summed E-state index contributed by atoms with van der Waals surface area (Å²) in [6.45, 7) is 0.700. The van der Waals surface area contributed by atoms with Gasteiger partial charge in [-0.25, -0.2) is 0 Å². The van der Waals surface area contributed by atoms with Crippen LogP contribution in [0.5, 0.6) is 0 Å². The van der Waals surface area contributed by atoms with E-state index in [0.717, 1.165) is 24.9 Å². The summed E-state index contributed by atoms with van der Waals surface area (Å²) in [4.78, 5) is 25.7. The molecule has 1 aliphatic carbocycles. The molecule has 1 N–H and O–H groups in total. The van der Waals surface area contributed by atoms with Crippen molar-refractivity contribution in [3.8, 4) is 0 Å². The van der Waals surface area contributed by atoms with E-state index in [1.54, 1.807) is 4.90 Å². The summed E-state index contributed by atoms with van der Waals surface area (Å²) in [6, 6.07) is 7.92. The van der Waals surface area contributed by atoms with Gasteiger partial charge in [0.2, 0.25) is 5.91 Å². The van der Waals surface area contributed by atoms with Gasteiger partial charge in [0, 0.05) is 18.7 Å². The number of hydrogen-bond acceptors (Lipinski definition) is 2. The molecule has 1 aliphatic heterocycles. The van der Waals surface area contributed by atoms with Crippen LogP contribution in [0.15, 0.2) is 24.3 Å². The van der Waals surface area contributed by atoms with E-state index in [2.05, 4.69) is 0 Å². The number of rotatable bonds is 3. The summed E-state index contributed by atoms with van der Waals surface area (Å²) in [5, 5.41) is 9.36. The molecule has 1 aromatic carbocycles. The van der Waals surface area contributed by atoms with Crippen LogP contribution in [-0.4, -0.2) is 23.5 Å². The molecule has 1 amide bonds. The number of carbonyl (C=O) groups is 2. The van der Waals surface area contributed by atoms with Crippen molar-refractivity contribution in [3.63, 3.8) is 0 Å². The van der Waals surface area contributed by atoms with Gasteiger partial charge >= 0.3 is 5.97 Å². The number of aryl methyl sites for hydroxylation is 1. The molecule has 4 nitrogen and oxygen atoms in total. The minimum atomic E-state index is -0.817. The normalized spacial score (nSPS) is 19.9. The van der Waals surface area contributed by atoms with Crippen molar-refractivity contribution in [1.29, 1.82) is 0 Å². The zero-order chi connectivity index (χ0) is 14.2. The highest BCUT2D eigenvalue weighted by atomic mass is 16.4. The first-order valence-electron chi connectivity index (χ1n) is 7.24. The second-order valence-corrected chi connectivity index (χ2v) is 5.89. The Morgan fingerprint density at radius 3 is 2.60 bits per heavy atom. The van der Waals surface area contributed by atoms with Crippen LogP contribution in [0.1, 0.15) is 37.7 Å². The summed E-state index contributed by atoms with van der Waals surface area (Å²) >= 11 is 0. The molecule has 4 heteroatoms. The van der Waals surface area contributed by atoms with Crippen LogP contribution >= 0.6 is 0 Å². The fourth-order valence-electron chi connectivity index (χ4n) is 3.25. The minimum absolute atomic E-state index is 0.0424. The van der Waals surface area contributed by atoms with Crippen molar-refractivity contribution in [1.82, 2.24) is 0 Å². The van der Waals surface area contributed by atoms with Crippen molar-refractivity contribution >= 4 is 17.6 Å². The van der Waals surface area contributed by atoms with E-state index in [0.29, 0.717) is 19.4 Å². The van der Waals surface area contributed by atoms with Crippen molar-refractivity contribution in [2.75, 3.05) is 11.4 Å². The van der Waals surface area contributed by atoms with E-state index < -0.39 is 11.4 Å². The predicted octanol–water partition coefficient (Wildman–Crippen LogP) is 2.61. The lowest BCUT2D eigenvalue weighted by atomic mass is 9.66. The van der Waals surface area contributed by atoms with Gasteiger partial charge in [-0.05, 0) is 37.3 Å². The topological polar surface area (TPSA) is 57.6 Å². The average Bonchev–Trinajstić information content (AvgIpc) is 2.41. The quantitative estimate of drug-likeness (QED) is 0.921. The van der Waals surface area contributed by atoms with E-state index in [4.69, 9.17) is 0 Å². The van der Waals surface area contributed by atoms with Crippen LogP contribution in [0.4, 0.5) is 5.69 Å². The molecule has 1 heterocycles. The SMILES string of the molecule is O=C(CC1(C(=O)O)CCC1)N1CCCc2ccccc21. The van der Waals surface area contributed by atoms with Crippen LogP contribution in [0.25, 0.3) is 0 Å². The Bertz CT molecular complexity index is 548. The van der Waals surface area contributed by atoms with E-state index in [1.165, 1.54) is 5.56 Å². The van der Waals surface area contributed by atoms with Gasteiger partial charge < -0.3 is 10.0 Å². The average molecular weight is 273 g/mol. The standard InChI is InChI=1S/C16H19NO3/c18-14(11-16(15(19)20)8-4-9-16)17-10-3-6-12-5-1-2-7-13(12)17/h1-2,5,7H,3-4,6,8-11H2,(H,19,20). The molecular weight excluding hydrogens is 254 g/mol. The fraction of sp³-hybridized carbons (Fsp3) is 0.500. The van der Waals surface area contributed by atoms with E-state index in [1.807, 2.05) is 24.3 Å². The number of benzene rings is 1.